The molecule has 1 aliphatic carbocycles. The average Bonchev–Trinajstić information content (AvgIpc) is 3.08. The highest BCUT2D eigenvalue weighted by molar-refractivity contribution is 5.21. The molecule has 2 heterocycles. The second-order valence-electron chi connectivity index (χ2n) is 4.33. The largest absolute Gasteiger partial charge is 0.340 e. The van der Waals surface area contributed by atoms with E-state index in [0.29, 0.717) is 17.8 Å². The molecule has 1 aliphatic rings. The fourth-order valence-electron chi connectivity index (χ4n) is 1.78. The number of rotatable bonds is 4. The van der Waals surface area contributed by atoms with Crippen molar-refractivity contribution in [2.75, 3.05) is 0 Å². The van der Waals surface area contributed by atoms with E-state index in [4.69, 9.17) is 4.52 Å². The minimum atomic E-state index is -0.0198. The van der Waals surface area contributed by atoms with Gasteiger partial charge in [-0.1, -0.05) is 11.2 Å². The smallest absolute Gasteiger partial charge is 0.223 e. The number of aryl methyl sites for hydroxylation is 1. The monoisotopic (exact) mass is 230 g/mol. The van der Waals surface area contributed by atoms with Gasteiger partial charge in [0, 0.05) is 25.4 Å². The highest BCUT2D eigenvalue weighted by Crippen LogP contribution is 2.26. The van der Waals surface area contributed by atoms with Crippen molar-refractivity contribution in [3.63, 3.8) is 0 Å². The third-order valence-corrected chi connectivity index (χ3v) is 2.80. The van der Waals surface area contributed by atoms with E-state index in [0.717, 1.165) is 5.56 Å². The lowest BCUT2D eigenvalue weighted by Crippen LogP contribution is -2.25. The highest BCUT2D eigenvalue weighted by Gasteiger charge is 2.28. The van der Waals surface area contributed by atoms with Crippen molar-refractivity contribution in [3.05, 3.63) is 41.8 Å². The number of nitrogens with zero attached hydrogens (tertiary/aromatic N) is 3. The second kappa shape index (κ2) is 4.25. The summed E-state index contributed by atoms with van der Waals surface area (Å²) in [6, 6.07) is 4.50. The summed E-state index contributed by atoms with van der Waals surface area (Å²) in [5.41, 5.74) is 1.07. The fourth-order valence-corrected chi connectivity index (χ4v) is 1.78. The Hall–Kier alpha value is -1.75. The zero-order valence-electron chi connectivity index (χ0n) is 9.63. The first-order valence-electron chi connectivity index (χ1n) is 5.79. The normalized spacial score (nSPS) is 17.0. The van der Waals surface area contributed by atoms with Gasteiger partial charge in [-0.15, -0.1) is 0 Å². The molecule has 1 fully saturated rings. The van der Waals surface area contributed by atoms with Gasteiger partial charge in [-0.05, 0) is 24.5 Å². The molecule has 2 aromatic rings. The van der Waals surface area contributed by atoms with Crippen molar-refractivity contribution in [1.29, 1.82) is 0 Å². The van der Waals surface area contributed by atoms with Crippen LogP contribution < -0.4 is 5.32 Å². The molecule has 0 aromatic carbocycles. The summed E-state index contributed by atoms with van der Waals surface area (Å²) in [5, 5.41) is 7.51. The predicted molar refractivity (Wildman–Crippen MR) is 61.3 cm³/mol. The maximum atomic E-state index is 5.05. The Morgan fingerprint density at radius 2 is 2.35 bits per heavy atom. The van der Waals surface area contributed by atoms with E-state index in [-0.39, 0.29) is 6.04 Å². The number of hydrogen-bond donors (Lipinski definition) is 1. The van der Waals surface area contributed by atoms with Crippen LogP contribution >= 0.6 is 0 Å². The molecule has 0 unspecified atom stereocenters. The molecule has 17 heavy (non-hydrogen) atoms. The molecular formula is C12H14N4O. The molecule has 5 nitrogen and oxygen atoms in total. The summed E-state index contributed by atoms with van der Waals surface area (Å²) in [5.74, 6) is 1.27. The van der Waals surface area contributed by atoms with Crippen LogP contribution in [0.4, 0.5) is 0 Å². The molecule has 0 bridgehead atoms. The van der Waals surface area contributed by atoms with Crippen molar-refractivity contribution >= 4 is 0 Å². The Balaban J connectivity index is 1.91. The summed E-state index contributed by atoms with van der Waals surface area (Å²) in [4.78, 5) is 8.44. The van der Waals surface area contributed by atoms with Gasteiger partial charge < -0.3 is 9.84 Å². The standard InChI is InChI=1S/C12H14N4O/c1-8-14-12(16-17-8)11(15-10-4-5-10)9-3-2-6-13-7-9/h2-3,6-7,10-11,15H,4-5H2,1H3/t11-/m0/s1. The van der Waals surface area contributed by atoms with Crippen LogP contribution in [0.5, 0.6) is 0 Å². The summed E-state index contributed by atoms with van der Waals surface area (Å²) in [7, 11) is 0. The van der Waals surface area contributed by atoms with Crippen LogP contribution in [0.25, 0.3) is 0 Å². The Kier molecular flexibility index (Phi) is 2.60. The van der Waals surface area contributed by atoms with Crippen LogP contribution in [-0.2, 0) is 0 Å². The summed E-state index contributed by atoms with van der Waals surface area (Å²) < 4.78 is 5.05. The van der Waals surface area contributed by atoms with Crippen LogP contribution in [0.15, 0.2) is 29.0 Å². The molecule has 0 amide bonds. The lowest BCUT2D eigenvalue weighted by Gasteiger charge is -2.14. The van der Waals surface area contributed by atoms with Gasteiger partial charge in [0.2, 0.25) is 5.89 Å². The molecule has 0 spiro atoms. The predicted octanol–water partition coefficient (Wildman–Crippen LogP) is 1.61. The highest BCUT2D eigenvalue weighted by atomic mass is 16.5. The zero-order chi connectivity index (χ0) is 11.7. The first-order chi connectivity index (χ1) is 8.33. The number of aromatic nitrogens is 3. The first-order valence-corrected chi connectivity index (χ1v) is 5.79. The number of hydrogen-bond acceptors (Lipinski definition) is 5. The van der Waals surface area contributed by atoms with Crippen LogP contribution in [0, 0.1) is 6.92 Å². The Morgan fingerprint density at radius 3 is 2.94 bits per heavy atom. The van der Waals surface area contributed by atoms with E-state index >= 15 is 0 Å². The maximum absolute atomic E-state index is 5.05. The maximum Gasteiger partial charge on any atom is 0.223 e. The average molecular weight is 230 g/mol. The lowest BCUT2D eigenvalue weighted by atomic mass is 10.1. The van der Waals surface area contributed by atoms with E-state index in [1.165, 1.54) is 12.8 Å². The molecule has 3 rings (SSSR count). The van der Waals surface area contributed by atoms with Gasteiger partial charge in [0.25, 0.3) is 0 Å². The van der Waals surface area contributed by atoms with Gasteiger partial charge in [-0.2, -0.15) is 4.98 Å². The quantitative estimate of drug-likeness (QED) is 0.864. The molecule has 88 valence electrons. The Bertz CT molecular complexity index is 492. The van der Waals surface area contributed by atoms with Crippen molar-refractivity contribution in [2.45, 2.75) is 31.8 Å². The fraction of sp³-hybridized carbons (Fsp3) is 0.417. The molecule has 0 saturated heterocycles. The van der Waals surface area contributed by atoms with Crippen LogP contribution in [-0.4, -0.2) is 21.2 Å². The first kappa shape index (κ1) is 10.4. The molecular weight excluding hydrogens is 216 g/mol. The van der Waals surface area contributed by atoms with Crippen LogP contribution in [0.2, 0.25) is 0 Å². The van der Waals surface area contributed by atoms with Gasteiger partial charge in [-0.3, -0.25) is 4.98 Å². The van der Waals surface area contributed by atoms with E-state index < -0.39 is 0 Å². The minimum absolute atomic E-state index is 0.0198. The number of pyridine rings is 1. The van der Waals surface area contributed by atoms with Crippen molar-refractivity contribution < 1.29 is 4.52 Å². The second-order valence-corrected chi connectivity index (χ2v) is 4.33. The zero-order valence-corrected chi connectivity index (χ0v) is 9.63. The molecule has 1 atom stereocenters. The molecule has 5 heteroatoms. The molecule has 1 saturated carbocycles. The van der Waals surface area contributed by atoms with Gasteiger partial charge >= 0.3 is 0 Å². The third-order valence-electron chi connectivity index (χ3n) is 2.80. The summed E-state index contributed by atoms with van der Waals surface area (Å²) >= 11 is 0. The van der Waals surface area contributed by atoms with Gasteiger partial charge in [-0.25, -0.2) is 0 Å². The number of nitrogens with one attached hydrogen (secondary N) is 1. The Morgan fingerprint density at radius 1 is 1.47 bits per heavy atom. The Labute approximate surface area is 99.3 Å². The van der Waals surface area contributed by atoms with Crippen molar-refractivity contribution in [3.8, 4) is 0 Å². The summed E-state index contributed by atoms with van der Waals surface area (Å²) in [6.07, 6.45) is 6.03. The SMILES string of the molecule is Cc1nc([C@@H](NC2CC2)c2cccnc2)no1. The van der Waals surface area contributed by atoms with Gasteiger partial charge in [0.05, 0.1) is 6.04 Å². The van der Waals surface area contributed by atoms with Crippen molar-refractivity contribution in [2.24, 2.45) is 0 Å². The molecule has 0 radical (unpaired) electrons. The van der Waals surface area contributed by atoms with E-state index in [1.807, 2.05) is 18.3 Å². The minimum Gasteiger partial charge on any atom is -0.340 e. The van der Waals surface area contributed by atoms with Crippen molar-refractivity contribution in [1.82, 2.24) is 20.4 Å². The van der Waals surface area contributed by atoms with E-state index in [9.17, 15) is 0 Å². The van der Waals surface area contributed by atoms with Gasteiger partial charge in [0.1, 0.15) is 0 Å². The van der Waals surface area contributed by atoms with E-state index in [1.54, 1.807) is 13.1 Å². The van der Waals surface area contributed by atoms with E-state index in [2.05, 4.69) is 20.4 Å². The third kappa shape index (κ3) is 2.34. The molecule has 1 N–H and O–H groups in total. The molecule has 2 aromatic heterocycles. The summed E-state index contributed by atoms with van der Waals surface area (Å²) in [6.45, 7) is 1.80. The lowest BCUT2D eigenvalue weighted by molar-refractivity contribution is 0.381. The van der Waals surface area contributed by atoms with Gasteiger partial charge in [0.15, 0.2) is 5.82 Å². The topological polar surface area (TPSA) is 63.8 Å². The van der Waals surface area contributed by atoms with Crippen LogP contribution in [0.3, 0.4) is 0 Å². The van der Waals surface area contributed by atoms with Crippen LogP contribution in [0.1, 0.15) is 36.2 Å². The molecule has 0 aliphatic heterocycles.